The molecule has 7 nitrogen and oxygen atoms in total. The molecule has 0 aliphatic heterocycles. The predicted molar refractivity (Wildman–Crippen MR) is 90.9 cm³/mol. The van der Waals surface area contributed by atoms with Crippen LogP contribution in [0.25, 0.3) is 5.52 Å². The Morgan fingerprint density at radius 3 is 2.67 bits per heavy atom. The van der Waals surface area contributed by atoms with Crippen LogP contribution < -0.4 is 0 Å². The number of carbonyl (C=O) groups excluding carboxylic acids is 1. The molecule has 1 amide bonds. The van der Waals surface area contributed by atoms with Gasteiger partial charge in [-0.15, -0.1) is 0 Å². The van der Waals surface area contributed by atoms with E-state index in [0.29, 0.717) is 25.2 Å². The molecule has 2 aromatic heterocycles. The molecule has 2 aromatic rings. The lowest BCUT2D eigenvalue weighted by molar-refractivity contribution is 0.0668. The molecule has 0 aromatic carbocycles. The minimum absolute atomic E-state index is 0.127. The Morgan fingerprint density at radius 2 is 2.08 bits per heavy atom. The fourth-order valence-corrected chi connectivity index (χ4v) is 3.27. The van der Waals surface area contributed by atoms with Gasteiger partial charge in [0, 0.05) is 32.7 Å². The molecule has 0 saturated heterocycles. The third kappa shape index (κ3) is 3.93. The first-order valence-corrected chi connectivity index (χ1v) is 9.60. The summed E-state index contributed by atoms with van der Waals surface area (Å²) in [6.45, 7) is 5.40. The van der Waals surface area contributed by atoms with Gasteiger partial charge in [-0.2, -0.15) is 0 Å². The zero-order valence-corrected chi connectivity index (χ0v) is 15.2. The smallest absolute Gasteiger partial charge is 0.274 e. The van der Waals surface area contributed by atoms with Crippen LogP contribution in [-0.4, -0.2) is 61.7 Å². The second-order valence-corrected chi connectivity index (χ2v) is 8.02. The first-order chi connectivity index (χ1) is 11.3. The number of aromatic nitrogens is 2. The number of imidazole rings is 1. The number of carbonyl (C=O) groups is 1. The van der Waals surface area contributed by atoms with E-state index in [4.69, 9.17) is 4.74 Å². The average molecular weight is 353 g/mol. The molecular weight excluding hydrogens is 330 g/mol. The summed E-state index contributed by atoms with van der Waals surface area (Å²) in [6.07, 6.45) is 2.68. The molecule has 0 fully saturated rings. The summed E-state index contributed by atoms with van der Waals surface area (Å²) in [7, 11) is -1.98. The Bertz CT molecular complexity index is 827. The van der Waals surface area contributed by atoms with E-state index in [9.17, 15) is 13.2 Å². The largest absolute Gasteiger partial charge is 0.383 e. The van der Waals surface area contributed by atoms with E-state index >= 15 is 0 Å². The number of hydrogen-bond acceptors (Lipinski definition) is 5. The zero-order chi connectivity index (χ0) is 17.9. The molecule has 8 heteroatoms. The number of amides is 1. The predicted octanol–water partition coefficient (Wildman–Crippen LogP) is 1.48. The van der Waals surface area contributed by atoms with Gasteiger partial charge in [0.05, 0.1) is 12.1 Å². The van der Waals surface area contributed by atoms with Crippen molar-refractivity contribution in [1.29, 1.82) is 0 Å². The maximum absolute atomic E-state index is 12.9. The maximum atomic E-state index is 12.9. The van der Waals surface area contributed by atoms with Crippen LogP contribution in [0.15, 0.2) is 29.6 Å². The normalized spacial score (nSPS) is 12.0. The lowest BCUT2D eigenvalue weighted by Crippen LogP contribution is -2.37. The van der Waals surface area contributed by atoms with Crippen molar-refractivity contribution < 1.29 is 17.9 Å². The van der Waals surface area contributed by atoms with Crippen molar-refractivity contribution in [2.75, 3.05) is 33.1 Å². The van der Waals surface area contributed by atoms with Crippen LogP contribution in [0.5, 0.6) is 0 Å². The lowest BCUT2D eigenvalue weighted by Gasteiger charge is -2.23. The Labute approximate surface area is 142 Å². The van der Waals surface area contributed by atoms with Crippen LogP contribution >= 0.6 is 0 Å². The molecule has 0 aliphatic carbocycles. The van der Waals surface area contributed by atoms with Crippen LogP contribution in [0.2, 0.25) is 0 Å². The Kier molecular flexibility index (Phi) is 5.61. The molecule has 0 saturated carbocycles. The van der Waals surface area contributed by atoms with E-state index < -0.39 is 9.84 Å². The van der Waals surface area contributed by atoms with E-state index in [2.05, 4.69) is 4.98 Å². The third-order valence-corrected chi connectivity index (χ3v) is 4.44. The molecule has 0 bridgehead atoms. The first kappa shape index (κ1) is 18.4. The third-order valence-electron chi connectivity index (χ3n) is 3.49. The number of hydrogen-bond donors (Lipinski definition) is 0. The first-order valence-electron chi connectivity index (χ1n) is 7.71. The minimum atomic E-state index is -3.55. The van der Waals surface area contributed by atoms with Gasteiger partial charge in [-0.3, -0.25) is 9.20 Å². The Hall–Kier alpha value is -1.93. The van der Waals surface area contributed by atoms with Crippen molar-refractivity contribution in [3.63, 3.8) is 0 Å². The van der Waals surface area contributed by atoms with Crippen molar-refractivity contribution in [1.82, 2.24) is 14.3 Å². The van der Waals surface area contributed by atoms with Gasteiger partial charge in [0.25, 0.3) is 5.91 Å². The van der Waals surface area contributed by atoms with Crippen LogP contribution in [0.1, 0.15) is 24.3 Å². The zero-order valence-electron chi connectivity index (χ0n) is 14.4. The topological polar surface area (TPSA) is 81.0 Å². The standard InChI is InChI=1S/C16H23N3O4S/c1-12(2)11-18(9-10-23-3)15(20)14-13-7-5-6-8-19(13)16(17-14)24(4,21)22/h5-8,12H,9-11H2,1-4H3. The maximum Gasteiger partial charge on any atom is 0.274 e. The minimum Gasteiger partial charge on any atom is -0.383 e. The SMILES string of the molecule is COCCN(CC(C)C)C(=O)c1nc(S(C)(=O)=O)n2ccccc12. The van der Waals surface area contributed by atoms with E-state index in [-0.39, 0.29) is 22.7 Å². The highest BCUT2D eigenvalue weighted by molar-refractivity contribution is 7.90. The summed E-state index contributed by atoms with van der Waals surface area (Å²) in [6, 6.07) is 5.15. The highest BCUT2D eigenvalue weighted by Crippen LogP contribution is 2.19. The summed E-state index contributed by atoms with van der Waals surface area (Å²) in [5, 5.41) is -0.127. The highest BCUT2D eigenvalue weighted by Gasteiger charge is 2.26. The van der Waals surface area contributed by atoms with Gasteiger partial charge in [-0.25, -0.2) is 13.4 Å². The van der Waals surface area contributed by atoms with Gasteiger partial charge in [-0.05, 0) is 18.1 Å². The Balaban J connectivity index is 2.51. The number of methoxy groups -OCH3 is 1. The molecule has 2 heterocycles. The molecule has 24 heavy (non-hydrogen) atoms. The number of nitrogens with zero attached hydrogens (tertiary/aromatic N) is 3. The van der Waals surface area contributed by atoms with Crippen molar-refractivity contribution in [2.45, 2.75) is 19.0 Å². The lowest BCUT2D eigenvalue weighted by atomic mass is 10.2. The van der Waals surface area contributed by atoms with Gasteiger partial charge in [0.15, 0.2) is 5.69 Å². The summed E-state index contributed by atoms with van der Waals surface area (Å²) in [5.41, 5.74) is 0.627. The molecule has 0 N–H and O–H groups in total. The number of fused-ring (bicyclic) bond motifs is 1. The molecule has 132 valence electrons. The quantitative estimate of drug-likeness (QED) is 0.753. The van der Waals surface area contributed by atoms with Crippen molar-refractivity contribution in [3.05, 3.63) is 30.1 Å². The van der Waals surface area contributed by atoms with E-state index in [1.165, 1.54) is 4.40 Å². The number of pyridine rings is 1. The average Bonchev–Trinajstić information content (AvgIpc) is 2.90. The number of rotatable bonds is 7. The molecule has 0 aliphatic rings. The summed E-state index contributed by atoms with van der Waals surface area (Å²) >= 11 is 0. The van der Waals surface area contributed by atoms with E-state index in [1.54, 1.807) is 36.4 Å². The Morgan fingerprint density at radius 1 is 1.38 bits per heavy atom. The monoisotopic (exact) mass is 353 g/mol. The van der Waals surface area contributed by atoms with Gasteiger partial charge >= 0.3 is 0 Å². The fourth-order valence-electron chi connectivity index (χ4n) is 2.50. The van der Waals surface area contributed by atoms with E-state index in [1.807, 2.05) is 13.8 Å². The van der Waals surface area contributed by atoms with Crippen LogP contribution in [-0.2, 0) is 14.6 Å². The molecule has 2 rings (SSSR count). The molecule has 0 spiro atoms. The molecule has 0 radical (unpaired) electrons. The molecule has 0 unspecified atom stereocenters. The fraction of sp³-hybridized carbons (Fsp3) is 0.500. The van der Waals surface area contributed by atoms with Crippen LogP contribution in [0.3, 0.4) is 0 Å². The van der Waals surface area contributed by atoms with Crippen LogP contribution in [0.4, 0.5) is 0 Å². The molecular formula is C16H23N3O4S. The second kappa shape index (κ2) is 7.31. The van der Waals surface area contributed by atoms with Gasteiger partial charge < -0.3 is 9.64 Å². The summed E-state index contributed by atoms with van der Waals surface area (Å²) < 4.78 is 30.5. The number of ether oxygens (including phenoxy) is 1. The van der Waals surface area contributed by atoms with Crippen molar-refractivity contribution in [2.24, 2.45) is 5.92 Å². The van der Waals surface area contributed by atoms with Gasteiger partial charge in [0.1, 0.15) is 0 Å². The van der Waals surface area contributed by atoms with E-state index in [0.717, 1.165) is 6.26 Å². The highest BCUT2D eigenvalue weighted by atomic mass is 32.2. The molecule has 0 atom stereocenters. The van der Waals surface area contributed by atoms with Gasteiger partial charge in [-0.1, -0.05) is 19.9 Å². The van der Waals surface area contributed by atoms with Crippen molar-refractivity contribution >= 4 is 21.3 Å². The summed E-state index contributed by atoms with van der Waals surface area (Å²) in [4.78, 5) is 18.7. The summed E-state index contributed by atoms with van der Waals surface area (Å²) in [5.74, 6) is -0.0200. The van der Waals surface area contributed by atoms with Crippen LogP contribution in [0, 0.1) is 5.92 Å². The van der Waals surface area contributed by atoms with Gasteiger partial charge in [0.2, 0.25) is 15.0 Å². The second-order valence-electron chi connectivity index (χ2n) is 6.11. The van der Waals surface area contributed by atoms with Crippen molar-refractivity contribution in [3.8, 4) is 0 Å². The number of sulfone groups is 1.